The SMILES string of the molecule is OCc1cnc(N2CCN(c3ccccn3)CC2)c(Cl)c1. The molecule has 0 aliphatic carbocycles. The first kappa shape index (κ1) is 14.1. The molecule has 6 heteroatoms. The van der Waals surface area contributed by atoms with Crippen molar-refractivity contribution in [2.45, 2.75) is 6.61 Å². The number of anilines is 2. The lowest BCUT2D eigenvalue weighted by atomic mass is 10.2. The van der Waals surface area contributed by atoms with E-state index in [4.69, 9.17) is 16.7 Å². The molecule has 1 aliphatic heterocycles. The summed E-state index contributed by atoms with van der Waals surface area (Å²) in [6.07, 6.45) is 3.49. The molecule has 0 atom stereocenters. The molecule has 0 bridgehead atoms. The summed E-state index contributed by atoms with van der Waals surface area (Å²) in [6.45, 7) is 3.43. The van der Waals surface area contributed by atoms with Gasteiger partial charge in [0.15, 0.2) is 0 Å². The van der Waals surface area contributed by atoms with E-state index in [0.717, 1.165) is 43.4 Å². The Hall–Kier alpha value is -1.85. The average Bonchev–Trinajstić information content (AvgIpc) is 2.56. The van der Waals surface area contributed by atoms with E-state index in [1.54, 1.807) is 12.3 Å². The molecule has 0 saturated carbocycles. The standard InChI is InChI=1S/C15H17ClN4O/c16-13-9-12(11-21)10-18-15(13)20-7-5-19(6-8-20)14-3-1-2-4-17-14/h1-4,9-10,21H,5-8,11H2. The molecule has 0 amide bonds. The molecule has 5 nitrogen and oxygen atoms in total. The zero-order valence-electron chi connectivity index (χ0n) is 11.6. The van der Waals surface area contributed by atoms with Gasteiger partial charge in [0.2, 0.25) is 0 Å². The number of aliphatic hydroxyl groups excluding tert-OH is 1. The Bertz CT molecular complexity index is 600. The van der Waals surface area contributed by atoms with Gasteiger partial charge < -0.3 is 14.9 Å². The van der Waals surface area contributed by atoms with Crippen molar-refractivity contribution < 1.29 is 5.11 Å². The molecular weight excluding hydrogens is 288 g/mol. The van der Waals surface area contributed by atoms with Crippen LogP contribution >= 0.6 is 11.6 Å². The van der Waals surface area contributed by atoms with Gasteiger partial charge in [0, 0.05) is 38.6 Å². The third-order valence-corrected chi connectivity index (χ3v) is 3.89. The van der Waals surface area contributed by atoms with Crippen LogP contribution in [0.15, 0.2) is 36.7 Å². The lowest BCUT2D eigenvalue weighted by Crippen LogP contribution is -2.47. The normalized spacial score (nSPS) is 15.3. The van der Waals surface area contributed by atoms with Crippen molar-refractivity contribution in [3.8, 4) is 0 Å². The molecule has 2 aromatic rings. The molecule has 1 N–H and O–H groups in total. The van der Waals surface area contributed by atoms with E-state index < -0.39 is 0 Å². The lowest BCUT2D eigenvalue weighted by molar-refractivity contribution is 0.281. The van der Waals surface area contributed by atoms with Gasteiger partial charge in [-0.2, -0.15) is 0 Å². The maximum atomic E-state index is 9.10. The number of pyridine rings is 2. The van der Waals surface area contributed by atoms with Gasteiger partial charge in [0.25, 0.3) is 0 Å². The fourth-order valence-electron chi connectivity index (χ4n) is 2.48. The van der Waals surface area contributed by atoms with E-state index in [1.165, 1.54) is 0 Å². The molecule has 1 fully saturated rings. The highest BCUT2D eigenvalue weighted by Gasteiger charge is 2.20. The summed E-state index contributed by atoms with van der Waals surface area (Å²) >= 11 is 6.25. The Kier molecular flexibility index (Phi) is 4.22. The van der Waals surface area contributed by atoms with Crippen LogP contribution in [0, 0.1) is 0 Å². The first-order chi connectivity index (χ1) is 10.3. The first-order valence-electron chi connectivity index (χ1n) is 6.94. The van der Waals surface area contributed by atoms with E-state index in [9.17, 15) is 0 Å². The molecule has 110 valence electrons. The smallest absolute Gasteiger partial charge is 0.147 e. The van der Waals surface area contributed by atoms with Crippen LogP contribution in [0.1, 0.15) is 5.56 Å². The first-order valence-corrected chi connectivity index (χ1v) is 7.32. The highest BCUT2D eigenvalue weighted by Crippen LogP contribution is 2.25. The predicted octanol–water partition coefficient (Wildman–Crippen LogP) is 1.95. The van der Waals surface area contributed by atoms with Gasteiger partial charge >= 0.3 is 0 Å². The topological polar surface area (TPSA) is 52.5 Å². The van der Waals surface area contributed by atoms with E-state index >= 15 is 0 Å². The van der Waals surface area contributed by atoms with Gasteiger partial charge in [0.1, 0.15) is 11.6 Å². The van der Waals surface area contributed by atoms with Crippen LogP contribution in [-0.4, -0.2) is 41.3 Å². The number of hydrogen-bond acceptors (Lipinski definition) is 5. The summed E-state index contributed by atoms with van der Waals surface area (Å²) in [5, 5.41) is 9.69. The van der Waals surface area contributed by atoms with Crippen LogP contribution in [0.3, 0.4) is 0 Å². The van der Waals surface area contributed by atoms with Crippen LogP contribution in [0.5, 0.6) is 0 Å². The van der Waals surface area contributed by atoms with Crippen molar-refractivity contribution in [1.29, 1.82) is 0 Å². The van der Waals surface area contributed by atoms with Gasteiger partial charge in [-0.25, -0.2) is 9.97 Å². The summed E-state index contributed by atoms with van der Waals surface area (Å²) in [6, 6.07) is 7.72. The number of aromatic nitrogens is 2. The van der Waals surface area contributed by atoms with E-state index in [2.05, 4.69) is 19.8 Å². The molecule has 0 radical (unpaired) electrons. The third-order valence-electron chi connectivity index (χ3n) is 3.61. The highest BCUT2D eigenvalue weighted by atomic mass is 35.5. The molecular formula is C15H17ClN4O. The zero-order valence-corrected chi connectivity index (χ0v) is 12.4. The summed E-state index contributed by atoms with van der Waals surface area (Å²) in [7, 11) is 0. The van der Waals surface area contributed by atoms with Crippen LogP contribution in [-0.2, 0) is 6.61 Å². The van der Waals surface area contributed by atoms with Gasteiger partial charge in [-0.3, -0.25) is 0 Å². The number of halogens is 1. The number of rotatable bonds is 3. The van der Waals surface area contributed by atoms with Crippen LogP contribution in [0.4, 0.5) is 11.6 Å². The molecule has 1 saturated heterocycles. The molecule has 21 heavy (non-hydrogen) atoms. The number of nitrogens with zero attached hydrogens (tertiary/aromatic N) is 4. The van der Waals surface area contributed by atoms with Gasteiger partial charge in [0.05, 0.1) is 11.6 Å². The van der Waals surface area contributed by atoms with E-state index in [1.807, 2.05) is 24.4 Å². The number of hydrogen-bond donors (Lipinski definition) is 1. The van der Waals surface area contributed by atoms with Gasteiger partial charge in [-0.1, -0.05) is 17.7 Å². The third kappa shape index (κ3) is 3.09. The van der Waals surface area contributed by atoms with Crippen molar-refractivity contribution in [3.63, 3.8) is 0 Å². The summed E-state index contributed by atoms with van der Waals surface area (Å²) in [5.74, 6) is 1.79. The molecule has 1 aliphatic rings. The maximum absolute atomic E-state index is 9.10. The zero-order chi connectivity index (χ0) is 14.7. The molecule has 3 heterocycles. The maximum Gasteiger partial charge on any atom is 0.147 e. The largest absolute Gasteiger partial charge is 0.392 e. The number of aliphatic hydroxyl groups is 1. The summed E-state index contributed by atoms with van der Waals surface area (Å²) in [5.41, 5.74) is 0.732. The lowest BCUT2D eigenvalue weighted by Gasteiger charge is -2.36. The Morgan fingerprint density at radius 3 is 2.48 bits per heavy atom. The van der Waals surface area contributed by atoms with Crippen molar-refractivity contribution in [3.05, 3.63) is 47.2 Å². The quantitative estimate of drug-likeness (QED) is 0.939. The molecule has 0 aromatic carbocycles. The number of piperazine rings is 1. The van der Waals surface area contributed by atoms with Crippen molar-refractivity contribution in [1.82, 2.24) is 9.97 Å². The van der Waals surface area contributed by atoms with Crippen molar-refractivity contribution >= 4 is 23.2 Å². The Labute approximate surface area is 128 Å². The Morgan fingerprint density at radius 2 is 1.86 bits per heavy atom. The van der Waals surface area contributed by atoms with Crippen LogP contribution in [0.25, 0.3) is 0 Å². The minimum atomic E-state index is -0.0412. The second kappa shape index (κ2) is 6.28. The second-order valence-corrected chi connectivity index (χ2v) is 5.38. The van der Waals surface area contributed by atoms with Crippen LogP contribution in [0.2, 0.25) is 5.02 Å². The second-order valence-electron chi connectivity index (χ2n) is 4.97. The fraction of sp³-hybridized carbons (Fsp3) is 0.333. The molecule has 2 aromatic heterocycles. The molecule has 0 spiro atoms. The predicted molar refractivity (Wildman–Crippen MR) is 83.8 cm³/mol. The molecule has 3 rings (SSSR count). The van der Waals surface area contributed by atoms with Crippen LogP contribution < -0.4 is 9.80 Å². The molecule has 0 unspecified atom stereocenters. The highest BCUT2D eigenvalue weighted by molar-refractivity contribution is 6.33. The minimum Gasteiger partial charge on any atom is -0.392 e. The average molecular weight is 305 g/mol. The van der Waals surface area contributed by atoms with Crippen molar-refractivity contribution in [2.24, 2.45) is 0 Å². The Balaban J connectivity index is 1.68. The summed E-state index contributed by atoms with van der Waals surface area (Å²) in [4.78, 5) is 13.2. The Morgan fingerprint density at radius 1 is 1.10 bits per heavy atom. The minimum absolute atomic E-state index is 0.0412. The van der Waals surface area contributed by atoms with Gasteiger partial charge in [-0.05, 0) is 23.8 Å². The van der Waals surface area contributed by atoms with E-state index in [-0.39, 0.29) is 6.61 Å². The van der Waals surface area contributed by atoms with E-state index in [0.29, 0.717) is 5.02 Å². The monoisotopic (exact) mass is 304 g/mol. The summed E-state index contributed by atoms with van der Waals surface area (Å²) < 4.78 is 0. The van der Waals surface area contributed by atoms with Gasteiger partial charge in [-0.15, -0.1) is 0 Å². The fourth-order valence-corrected chi connectivity index (χ4v) is 2.79. The van der Waals surface area contributed by atoms with Crippen molar-refractivity contribution in [2.75, 3.05) is 36.0 Å².